The van der Waals surface area contributed by atoms with E-state index in [9.17, 15) is 5.26 Å². The second-order valence-electron chi connectivity index (χ2n) is 8.67. The molecule has 6 heterocycles. The lowest BCUT2D eigenvalue weighted by atomic mass is 9.85. The van der Waals surface area contributed by atoms with Gasteiger partial charge in [0.15, 0.2) is 0 Å². The van der Waals surface area contributed by atoms with Gasteiger partial charge in [0.2, 0.25) is 0 Å². The summed E-state index contributed by atoms with van der Waals surface area (Å²) in [5, 5.41) is 27.4. The molecule has 0 spiro atoms. The number of aromatic amines is 1. The summed E-state index contributed by atoms with van der Waals surface area (Å²) in [6, 6.07) is 11.3. The zero-order chi connectivity index (χ0) is 22.5. The maximum Gasteiger partial charge on any atom is 0.138 e. The first-order valence-corrected chi connectivity index (χ1v) is 10.9. The molecule has 33 heavy (non-hydrogen) atoms. The quantitative estimate of drug-likeness (QED) is 0.505. The lowest BCUT2D eigenvalue weighted by Gasteiger charge is -2.46. The Labute approximate surface area is 190 Å². The van der Waals surface area contributed by atoms with Crippen molar-refractivity contribution in [3.05, 3.63) is 48.5 Å². The highest BCUT2D eigenvalue weighted by Crippen LogP contribution is 2.38. The number of rotatable bonds is 4. The van der Waals surface area contributed by atoms with Gasteiger partial charge < -0.3 is 15.2 Å². The number of pyridine rings is 2. The number of aromatic nitrogens is 5. The predicted molar refractivity (Wildman–Crippen MR) is 123 cm³/mol. The maximum absolute atomic E-state index is 9.76. The van der Waals surface area contributed by atoms with Gasteiger partial charge in [-0.25, -0.2) is 9.97 Å². The third kappa shape index (κ3) is 3.05. The van der Waals surface area contributed by atoms with Crippen molar-refractivity contribution in [1.29, 1.82) is 10.5 Å². The first kappa shape index (κ1) is 19.5. The summed E-state index contributed by atoms with van der Waals surface area (Å²) in [6.45, 7) is 1.79. The van der Waals surface area contributed by atoms with E-state index in [0.29, 0.717) is 23.9 Å². The first-order valence-electron chi connectivity index (χ1n) is 10.9. The lowest BCUT2D eigenvalue weighted by molar-refractivity contribution is 0.313. The number of hydrogen-bond donors (Lipinski definition) is 2. The molecule has 0 amide bonds. The molecule has 0 bridgehead atoms. The van der Waals surface area contributed by atoms with E-state index in [1.807, 2.05) is 37.6 Å². The van der Waals surface area contributed by atoms with Crippen LogP contribution in [0.4, 0.5) is 5.82 Å². The SMILES string of the molecule is Cn1cc(-c2cc3c(-c4ccc(N5C[C@H]6[C@H](CC#N)NC[C@H]65)nc4)c(C#N)cnc3[nH]2)cn1. The fourth-order valence-electron chi connectivity index (χ4n) is 5.13. The minimum absolute atomic E-state index is 0.279. The van der Waals surface area contributed by atoms with E-state index >= 15 is 0 Å². The Kier molecular flexibility index (Phi) is 4.39. The molecule has 3 atom stereocenters. The van der Waals surface area contributed by atoms with E-state index in [2.05, 4.69) is 37.4 Å². The summed E-state index contributed by atoms with van der Waals surface area (Å²) < 4.78 is 1.75. The summed E-state index contributed by atoms with van der Waals surface area (Å²) in [5.41, 5.74) is 4.80. The summed E-state index contributed by atoms with van der Waals surface area (Å²) in [6.07, 6.45) is 7.73. The van der Waals surface area contributed by atoms with E-state index in [0.717, 1.165) is 52.3 Å². The number of fused-ring (bicyclic) bond motifs is 2. The van der Waals surface area contributed by atoms with Gasteiger partial charge in [-0.05, 0) is 18.2 Å². The Morgan fingerprint density at radius 1 is 1.15 bits per heavy atom. The van der Waals surface area contributed by atoms with Crippen LogP contribution in [-0.2, 0) is 7.05 Å². The van der Waals surface area contributed by atoms with Crippen LogP contribution in [0.3, 0.4) is 0 Å². The number of H-pyrrole nitrogens is 1. The fraction of sp³-hybridized carbons (Fsp3) is 0.292. The van der Waals surface area contributed by atoms with Crippen LogP contribution >= 0.6 is 0 Å². The molecule has 9 nitrogen and oxygen atoms in total. The first-order chi connectivity index (χ1) is 16.2. The minimum Gasteiger partial charge on any atom is -0.352 e. The topological polar surface area (TPSA) is 122 Å². The van der Waals surface area contributed by atoms with Crippen molar-refractivity contribution in [2.45, 2.75) is 18.5 Å². The molecule has 162 valence electrons. The molecule has 0 aromatic carbocycles. The van der Waals surface area contributed by atoms with Crippen LogP contribution in [0.25, 0.3) is 33.4 Å². The van der Waals surface area contributed by atoms with Crippen molar-refractivity contribution in [1.82, 2.24) is 30.0 Å². The Hall–Kier alpha value is -4.21. The second-order valence-corrected chi connectivity index (χ2v) is 8.67. The average molecular weight is 435 g/mol. The van der Waals surface area contributed by atoms with Crippen LogP contribution in [0.2, 0.25) is 0 Å². The van der Waals surface area contributed by atoms with Crippen LogP contribution in [0.5, 0.6) is 0 Å². The fourth-order valence-corrected chi connectivity index (χ4v) is 5.13. The highest BCUT2D eigenvalue weighted by molar-refractivity contribution is 5.98. The molecule has 0 radical (unpaired) electrons. The highest BCUT2D eigenvalue weighted by atomic mass is 15.3. The van der Waals surface area contributed by atoms with Gasteiger partial charge in [-0.2, -0.15) is 15.6 Å². The normalized spacial score (nSPS) is 21.4. The van der Waals surface area contributed by atoms with Gasteiger partial charge in [0.25, 0.3) is 0 Å². The zero-order valence-corrected chi connectivity index (χ0v) is 18.0. The molecule has 0 unspecified atom stereocenters. The molecular formula is C24H21N9. The summed E-state index contributed by atoms with van der Waals surface area (Å²) in [7, 11) is 1.88. The Morgan fingerprint density at radius 2 is 2.06 bits per heavy atom. The summed E-state index contributed by atoms with van der Waals surface area (Å²) in [4.78, 5) is 14.8. The Bertz CT molecular complexity index is 1430. The third-order valence-electron chi connectivity index (χ3n) is 6.84. The smallest absolute Gasteiger partial charge is 0.138 e. The number of anilines is 1. The van der Waals surface area contributed by atoms with E-state index in [1.165, 1.54) is 0 Å². The predicted octanol–water partition coefficient (Wildman–Crippen LogP) is 2.59. The van der Waals surface area contributed by atoms with Gasteiger partial charge in [-0.15, -0.1) is 0 Å². The van der Waals surface area contributed by atoms with Crippen LogP contribution in [0, 0.1) is 28.6 Å². The van der Waals surface area contributed by atoms with Gasteiger partial charge >= 0.3 is 0 Å². The molecule has 2 saturated heterocycles. The van der Waals surface area contributed by atoms with Crippen molar-refractivity contribution in [3.63, 3.8) is 0 Å². The van der Waals surface area contributed by atoms with Crippen molar-refractivity contribution >= 4 is 16.9 Å². The molecule has 6 rings (SSSR count). The standard InChI is InChI=1S/C24H21N9/c1-32-12-16(10-30-32)20-6-17-23(15(7-26)9-29-24(17)31-20)14-2-3-22(28-8-14)33-13-18-19(4-5-25)27-11-21(18)33/h2-3,6,8-10,12,18-19,21,27H,4,11,13H2,1H3,(H,29,31)/t18-,19-,21+/m0/s1. The van der Waals surface area contributed by atoms with Gasteiger partial charge in [0, 0.05) is 78.8 Å². The molecule has 2 aliphatic rings. The molecule has 2 N–H and O–H groups in total. The Morgan fingerprint density at radius 3 is 2.79 bits per heavy atom. The molecule has 4 aromatic heterocycles. The van der Waals surface area contributed by atoms with Crippen molar-refractivity contribution < 1.29 is 0 Å². The lowest BCUT2D eigenvalue weighted by Crippen LogP contribution is -2.57. The van der Waals surface area contributed by atoms with Crippen LogP contribution in [-0.4, -0.2) is 49.9 Å². The molecule has 2 aliphatic heterocycles. The molecule has 9 heteroatoms. The molecular weight excluding hydrogens is 414 g/mol. The third-order valence-corrected chi connectivity index (χ3v) is 6.84. The van der Waals surface area contributed by atoms with Crippen molar-refractivity contribution in [3.8, 4) is 34.5 Å². The Balaban J connectivity index is 1.34. The molecule has 0 aliphatic carbocycles. The van der Waals surface area contributed by atoms with Crippen LogP contribution < -0.4 is 10.2 Å². The van der Waals surface area contributed by atoms with Crippen LogP contribution in [0.1, 0.15) is 12.0 Å². The number of aryl methyl sites for hydroxylation is 1. The number of nitrogens with one attached hydrogen (secondary N) is 2. The van der Waals surface area contributed by atoms with Crippen molar-refractivity contribution in [2.75, 3.05) is 18.0 Å². The van der Waals surface area contributed by atoms with Gasteiger partial charge in [-0.1, -0.05) is 0 Å². The molecule has 2 fully saturated rings. The van der Waals surface area contributed by atoms with Crippen molar-refractivity contribution in [2.24, 2.45) is 13.0 Å². The maximum atomic E-state index is 9.76. The number of nitriles is 2. The van der Waals surface area contributed by atoms with Gasteiger partial charge in [0.1, 0.15) is 17.5 Å². The number of hydrogen-bond acceptors (Lipinski definition) is 7. The van der Waals surface area contributed by atoms with E-state index < -0.39 is 0 Å². The van der Waals surface area contributed by atoms with Gasteiger partial charge in [0.05, 0.1) is 29.9 Å². The number of nitrogens with zero attached hydrogens (tertiary/aromatic N) is 7. The zero-order valence-electron chi connectivity index (χ0n) is 18.0. The molecule has 0 saturated carbocycles. The minimum atomic E-state index is 0.279. The summed E-state index contributed by atoms with van der Waals surface area (Å²) in [5.74, 6) is 1.43. The highest BCUT2D eigenvalue weighted by Gasteiger charge is 2.48. The second kappa shape index (κ2) is 7.44. The van der Waals surface area contributed by atoms with E-state index in [-0.39, 0.29) is 6.04 Å². The summed E-state index contributed by atoms with van der Waals surface area (Å²) >= 11 is 0. The van der Waals surface area contributed by atoms with Gasteiger partial charge in [-0.3, -0.25) is 4.68 Å². The average Bonchev–Trinajstić information content (AvgIpc) is 3.51. The largest absolute Gasteiger partial charge is 0.352 e. The van der Waals surface area contributed by atoms with Crippen LogP contribution in [0.15, 0.2) is 43.0 Å². The van der Waals surface area contributed by atoms with E-state index in [4.69, 9.17) is 10.2 Å². The monoisotopic (exact) mass is 435 g/mol. The van der Waals surface area contributed by atoms with E-state index in [1.54, 1.807) is 17.1 Å². The molecule has 4 aromatic rings.